The molecule has 2 fully saturated rings. The van der Waals surface area contributed by atoms with E-state index in [0.29, 0.717) is 30.4 Å². The van der Waals surface area contributed by atoms with Gasteiger partial charge in [-0.05, 0) is 31.7 Å². The molecular formula is C14H19ClFNO. The normalized spacial score (nSPS) is 29.9. The lowest BCUT2D eigenvalue weighted by molar-refractivity contribution is 0.00799. The molecule has 0 unspecified atom stereocenters. The van der Waals surface area contributed by atoms with Gasteiger partial charge in [0.15, 0.2) is 0 Å². The standard InChI is InChI=1S/C14H18FNO.ClH/c15-14-4-2-1-3-10(14)9-17-13-7-11-5-6-12(8-13)16-11;/h1-4,11-13,16H,5-9H2;1H/t11-,12+,13-;. The van der Waals surface area contributed by atoms with E-state index in [9.17, 15) is 4.39 Å². The van der Waals surface area contributed by atoms with E-state index in [0.717, 1.165) is 12.8 Å². The lowest BCUT2D eigenvalue weighted by atomic mass is 10.0. The first-order valence-electron chi connectivity index (χ1n) is 6.42. The summed E-state index contributed by atoms with van der Waals surface area (Å²) >= 11 is 0. The minimum absolute atomic E-state index is 0. The molecule has 0 saturated carbocycles. The molecule has 2 heterocycles. The predicted molar refractivity (Wildman–Crippen MR) is 71.4 cm³/mol. The second kappa shape index (κ2) is 6.00. The van der Waals surface area contributed by atoms with Crippen LogP contribution < -0.4 is 5.32 Å². The number of hydrogen-bond donors (Lipinski definition) is 1. The van der Waals surface area contributed by atoms with Gasteiger partial charge in [0.25, 0.3) is 0 Å². The highest BCUT2D eigenvalue weighted by Gasteiger charge is 2.33. The summed E-state index contributed by atoms with van der Waals surface area (Å²) in [5.74, 6) is -0.163. The number of hydrogen-bond acceptors (Lipinski definition) is 2. The topological polar surface area (TPSA) is 21.3 Å². The van der Waals surface area contributed by atoms with E-state index < -0.39 is 0 Å². The maximum atomic E-state index is 13.4. The van der Waals surface area contributed by atoms with Crippen LogP contribution >= 0.6 is 12.4 Å². The van der Waals surface area contributed by atoms with E-state index >= 15 is 0 Å². The lowest BCUT2D eigenvalue weighted by Gasteiger charge is -2.29. The third-order valence-corrected chi connectivity index (χ3v) is 3.86. The number of fused-ring (bicyclic) bond motifs is 2. The van der Waals surface area contributed by atoms with Crippen LogP contribution in [-0.4, -0.2) is 18.2 Å². The molecule has 0 radical (unpaired) electrons. The van der Waals surface area contributed by atoms with Crippen LogP contribution in [0.2, 0.25) is 0 Å². The highest BCUT2D eigenvalue weighted by Crippen LogP contribution is 2.29. The summed E-state index contributed by atoms with van der Waals surface area (Å²) in [5.41, 5.74) is 0.665. The SMILES string of the molecule is Cl.Fc1ccccc1CO[C@@H]1C[C@H]2CC[C@@H](C1)N2. The molecule has 0 aromatic heterocycles. The van der Waals surface area contributed by atoms with Gasteiger partial charge in [-0.3, -0.25) is 0 Å². The van der Waals surface area contributed by atoms with Crippen molar-refractivity contribution in [2.24, 2.45) is 0 Å². The zero-order valence-electron chi connectivity index (χ0n) is 10.3. The number of nitrogens with one attached hydrogen (secondary N) is 1. The quantitative estimate of drug-likeness (QED) is 0.912. The summed E-state index contributed by atoms with van der Waals surface area (Å²) < 4.78 is 19.3. The average molecular weight is 272 g/mol. The zero-order chi connectivity index (χ0) is 11.7. The van der Waals surface area contributed by atoms with Gasteiger partial charge in [0.1, 0.15) is 5.82 Å². The third kappa shape index (κ3) is 3.02. The Hall–Kier alpha value is -0.640. The maximum Gasteiger partial charge on any atom is 0.128 e. The van der Waals surface area contributed by atoms with Gasteiger partial charge >= 0.3 is 0 Å². The van der Waals surface area contributed by atoms with Crippen LogP contribution in [0.15, 0.2) is 24.3 Å². The Kier molecular flexibility index (Phi) is 4.60. The second-order valence-corrected chi connectivity index (χ2v) is 5.13. The van der Waals surface area contributed by atoms with Crippen molar-refractivity contribution in [2.45, 2.75) is 50.5 Å². The van der Waals surface area contributed by atoms with Crippen LogP contribution in [0.25, 0.3) is 0 Å². The van der Waals surface area contributed by atoms with Gasteiger partial charge in [-0.1, -0.05) is 18.2 Å². The van der Waals surface area contributed by atoms with E-state index in [2.05, 4.69) is 5.32 Å². The maximum absolute atomic E-state index is 13.4. The fraction of sp³-hybridized carbons (Fsp3) is 0.571. The number of benzene rings is 1. The Morgan fingerprint density at radius 2 is 1.83 bits per heavy atom. The highest BCUT2D eigenvalue weighted by atomic mass is 35.5. The Morgan fingerprint density at radius 1 is 1.17 bits per heavy atom. The minimum Gasteiger partial charge on any atom is -0.373 e. The number of piperidine rings is 1. The van der Waals surface area contributed by atoms with Crippen molar-refractivity contribution in [3.63, 3.8) is 0 Å². The fourth-order valence-corrected chi connectivity index (χ4v) is 2.96. The first-order valence-corrected chi connectivity index (χ1v) is 6.42. The number of ether oxygens (including phenoxy) is 1. The van der Waals surface area contributed by atoms with Crippen LogP contribution in [0.5, 0.6) is 0 Å². The van der Waals surface area contributed by atoms with Gasteiger partial charge in [0.05, 0.1) is 12.7 Å². The summed E-state index contributed by atoms with van der Waals surface area (Å²) in [6, 6.07) is 8.10. The Labute approximate surface area is 113 Å². The van der Waals surface area contributed by atoms with E-state index in [1.165, 1.54) is 18.9 Å². The molecule has 0 amide bonds. The average Bonchev–Trinajstić information content (AvgIpc) is 2.68. The fourth-order valence-electron chi connectivity index (χ4n) is 2.96. The van der Waals surface area contributed by atoms with Crippen molar-refractivity contribution >= 4 is 12.4 Å². The molecule has 0 aliphatic carbocycles. The molecule has 4 heteroatoms. The van der Waals surface area contributed by atoms with Gasteiger partial charge in [-0.2, -0.15) is 0 Å². The van der Waals surface area contributed by atoms with Crippen molar-refractivity contribution in [1.82, 2.24) is 5.32 Å². The molecule has 0 spiro atoms. The molecule has 2 aliphatic rings. The highest BCUT2D eigenvalue weighted by molar-refractivity contribution is 5.85. The molecule has 18 heavy (non-hydrogen) atoms. The van der Waals surface area contributed by atoms with E-state index in [4.69, 9.17) is 4.74 Å². The monoisotopic (exact) mass is 271 g/mol. The molecule has 1 aromatic carbocycles. The van der Waals surface area contributed by atoms with Crippen LogP contribution in [0.1, 0.15) is 31.2 Å². The second-order valence-electron chi connectivity index (χ2n) is 5.13. The van der Waals surface area contributed by atoms with Gasteiger partial charge < -0.3 is 10.1 Å². The smallest absolute Gasteiger partial charge is 0.128 e. The minimum atomic E-state index is -0.163. The van der Waals surface area contributed by atoms with E-state index in [1.807, 2.05) is 6.07 Å². The van der Waals surface area contributed by atoms with Gasteiger partial charge in [0, 0.05) is 17.6 Å². The summed E-state index contributed by atoms with van der Waals surface area (Å²) in [4.78, 5) is 0. The molecular weight excluding hydrogens is 253 g/mol. The molecule has 1 N–H and O–H groups in total. The zero-order valence-corrected chi connectivity index (χ0v) is 11.1. The van der Waals surface area contributed by atoms with Crippen molar-refractivity contribution < 1.29 is 9.13 Å². The van der Waals surface area contributed by atoms with Crippen molar-refractivity contribution in [3.8, 4) is 0 Å². The largest absolute Gasteiger partial charge is 0.373 e. The summed E-state index contributed by atoms with van der Waals surface area (Å²) in [6.07, 6.45) is 4.98. The van der Waals surface area contributed by atoms with Gasteiger partial charge in [0.2, 0.25) is 0 Å². The van der Waals surface area contributed by atoms with Gasteiger partial charge in [-0.15, -0.1) is 12.4 Å². The van der Waals surface area contributed by atoms with E-state index in [1.54, 1.807) is 12.1 Å². The third-order valence-electron chi connectivity index (χ3n) is 3.86. The van der Waals surface area contributed by atoms with Crippen molar-refractivity contribution in [2.75, 3.05) is 0 Å². The molecule has 2 nitrogen and oxygen atoms in total. The summed E-state index contributed by atoms with van der Waals surface area (Å²) in [5, 5.41) is 3.58. The molecule has 2 aliphatic heterocycles. The summed E-state index contributed by atoms with van der Waals surface area (Å²) in [6.45, 7) is 0.400. The molecule has 3 rings (SSSR count). The molecule has 1 aromatic rings. The van der Waals surface area contributed by atoms with Crippen LogP contribution in [0.3, 0.4) is 0 Å². The Bertz CT molecular complexity index is 389. The molecule has 2 bridgehead atoms. The molecule has 2 saturated heterocycles. The van der Waals surface area contributed by atoms with Crippen molar-refractivity contribution in [3.05, 3.63) is 35.6 Å². The Balaban J connectivity index is 0.00000120. The first-order chi connectivity index (χ1) is 8.31. The first kappa shape index (κ1) is 13.8. The van der Waals surface area contributed by atoms with Crippen molar-refractivity contribution in [1.29, 1.82) is 0 Å². The Morgan fingerprint density at radius 3 is 2.50 bits per heavy atom. The number of rotatable bonds is 3. The van der Waals surface area contributed by atoms with E-state index in [-0.39, 0.29) is 18.2 Å². The molecule has 100 valence electrons. The predicted octanol–water partition coefficient (Wildman–Crippen LogP) is 3.05. The van der Waals surface area contributed by atoms with Crippen LogP contribution in [0, 0.1) is 5.82 Å². The summed E-state index contributed by atoms with van der Waals surface area (Å²) in [7, 11) is 0. The van der Waals surface area contributed by atoms with Crippen LogP contribution in [-0.2, 0) is 11.3 Å². The lowest BCUT2D eigenvalue weighted by Crippen LogP contribution is -2.41. The number of halogens is 2. The van der Waals surface area contributed by atoms with Gasteiger partial charge in [-0.25, -0.2) is 4.39 Å². The molecule has 3 atom stereocenters. The van der Waals surface area contributed by atoms with Crippen LogP contribution in [0.4, 0.5) is 4.39 Å².